The molecule has 2 N–H and O–H groups in total. The minimum absolute atomic E-state index is 0.0506. The first-order chi connectivity index (χ1) is 9.19. The topological polar surface area (TPSA) is 41.1 Å². The maximum absolute atomic E-state index is 11.9. The van der Waals surface area contributed by atoms with E-state index in [0.717, 1.165) is 16.4 Å². The Morgan fingerprint density at radius 3 is 2.53 bits per heavy atom. The fraction of sp³-hybridized carbons (Fsp3) is 0.214. The van der Waals surface area contributed by atoms with E-state index < -0.39 is 0 Å². The molecule has 0 saturated carbocycles. The second-order valence-corrected chi connectivity index (χ2v) is 5.84. The van der Waals surface area contributed by atoms with E-state index in [2.05, 4.69) is 10.6 Å². The van der Waals surface area contributed by atoms with Crippen molar-refractivity contribution >= 4 is 34.5 Å². The predicted octanol–water partition coefficient (Wildman–Crippen LogP) is 3.42. The van der Waals surface area contributed by atoms with Crippen molar-refractivity contribution in [1.29, 1.82) is 0 Å². The number of anilines is 1. The fourth-order valence-electron chi connectivity index (χ4n) is 1.68. The average Bonchev–Trinajstić information content (AvgIpc) is 2.84. The van der Waals surface area contributed by atoms with Crippen LogP contribution in [0.3, 0.4) is 0 Å². The van der Waals surface area contributed by atoms with Gasteiger partial charge in [-0.25, -0.2) is 0 Å². The van der Waals surface area contributed by atoms with Crippen LogP contribution in [0, 0.1) is 0 Å². The molecule has 1 amide bonds. The first-order valence-corrected chi connectivity index (χ1v) is 7.18. The highest BCUT2D eigenvalue weighted by Gasteiger charge is 2.05. The summed E-state index contributed by atoms with van der Waals surface area (Å²) in [5.74, 6) is -0.0506. The minimum Gasteiger partial charge on any atom is -0.388 e. The van der Waals surface area contributed by atoms with Gasteiger partial charge in [0.1, 0.15) is 0 Å². The van der Waals surface area contributed by atoms with Crippen LogP contribution in [0.5, 0.6) is 0 Å². The van der Waals surface area contributed by atoms with Crippen LogP contribution in [0.1, 0.15) is 15.2 Å². The summed E-state index contributed by atoms with van der Waals surface area (Å²) in [6.45, 7) is 0.615. The zero-order valence-corrected chi connectivity index (χ0v) is 12.1. The van der Waals surface area contributed by atoms with Gasteiger partial charge in [0.25, 0.3) is 5.91 Å². The number of amides is 1. The van der Waals surface area contributed by atoms with Crippen molar-refractivity contribution in [3.05, 3.63) is 51.2 Å². The van der Waals surface area contributed by atoms with E-state index in [4.69, 9.17) is 11.6 Å². The molecule has 0 bridgehead atoms. The van der Waals surface area contributed by atoms with Crippen molar-refractivity contribution in [2.24, 2.45) is 0 Å². The lowest BCUT2D eigenvalue weighted by molar-refractivity contribution is 0.0954. The Morgan fingerprint density at radius 1 is 1.21 bits per heavy atom. The van der Waals surface area contributed by atoms with Crippen LogP contribution < -0.4 is 10.6 Å². The van der Waals surface area contributed by atoms with Gasteiger partial charge in [-0.05, 0) is 42.8 Å². The van der Waals surface area contributed by atoms with Gasteiger partial charge in [-0.15, -0.1) is 11.3 Å². The predicted molar refractivity (Wildman–Crippen MR) is 81.4 cm³/mol. The van der Waals surface area contributed by atoms with E-state index in [1.54, 1.807) is 11.3 Å². The molecule has 0 aliphatic carbocycles. The number of carbonyl (C=O) groups excluding carboxylic acids is 1. The van der Waals surface area contributed by atoms with Gasteiger partial charge in [0.2, 0.25) is 0 Å². The van der Waals surface area contributed by atoms with Crippen molar-refractivity contribution in [3.63, 3.8) is 0 Å². The minimum atomic E-state index is -0.0506. The molecule has 0 aliphatic rings. The van der Waals surface area contributed by atoms with Crippen molar-refractivity contribution in [1.82, 2.24) is 5.32 Å². The molecule has 1 heterocycles. The quantitative estimate of drug-likeness (QED) is 0.887. The molecule has 19 heavy (non-hydrogen) atoms. The number of rotatable bonds is 5. The van der Waals surface area contributed by atoms with Gasteiger partial charge in [0, 0.05) is 29.7 Å². The molecular weight excluding hydrogens is 280 g/mol. The Balaban J connectivity index is 1.83. The number of thiophene rings is 1. The Labute approximate surface area is 121 Å². The van der Waals surface area contributed by atoms with E-state index in [0.29, 0.717) is 12.1 Å². The van der Waals surface area contributed by atoms with Crippen LogP contribution in [0.15, 0.2) is 36.4 Å². The van der Waals surface area contributed by atoms with Crippen LogP contribution in [0.25, 0.3) is 0 Å². The number of hydrogen-bond acceptors (Lipinski definition) is 3. The molecular formula is C14H15ClN2OS. The highest BCUT2D eigenvalue weighted by molar-refractivity contribution is 7.16. The summed E-state index contributed by atoms with van der Waals surface area (Å²) in [5.41, 5.74) is 1.66. The van der Waals surface area contributed by atoms with Crippen molar-refractivity contribution < 1.29 is 4.79 Å². The average molecular weight is 295 g/mol. The highest BCUT2D eigenvalue weighted by Crippen LogP contribution is 2.21. The van der Waals surface area contributed by atoms with E-state index in [-0.39, 0.29) is 5.91 Å². The molecule has 2 aromatic rings. The first kappa shape index (κ1) is 13.9. The second-order valence-electron chi connectivity index (χ2n) is 4.04. The standard InChI is InChI=1S/C14H15ClN2OS/c1-16-11-4-2-10(3-5-11)14(18)17-9-8-12-6-7-13(15)19-12/h2-7,16H,8-9H2,1H3,(H,17,18). The van der Waals surface area contributed by atoms with Gasteiger partial charge in [0.05, 0.1) is 4.34 Å². The summed E-state index contributed by atoms with van der Waals surface area (Å²) < 4.78 is 0.781. The maximum atomic E-state index is 11.9. The smallest absolute Gasteiger partial charge is 0.251 e. The van der Waals surface area contributed by atoms with E-state index in [1.165, 1.54) is 4.88 Å². The third-order valence-electron chi connectivity index (χ3n) is 2.72. The van der Waals surface area contributed by atoms with Crippen molar-refractivity contribution in [3.8, 4) is 0 Å². The molecule has 2 rings (SSSR count). The number of hydrogen-bond donors (Lipinski definition) is 2. The van der Waals surface area contributed by atoms with Crippen molar-refractivity contribution in [2.45, 2.75) is 6.42 Å². The number of halogens is 1. The summed E-state index contributed by atoms with van der Waals surface area (Å²) in [5, 5.41) is 5.92. The zero-order chi connectivity index (χ0) is 13.7. The molecule has 0 atom stereocenters. The van der Waals surface area contributed by atoms with E-state index in [1.807, 2.05) is 43.4 Å². The van der Waals surface area contributed by atoms with Crippen LogP contribution in [-0.2, 0) is 6.42 Å². The van der Waals surface area contributed by atoms with Crippen LogP contribution in [0.4, 0.5) is 5.69 Å². The lowest BCUT2D eigenvalue weighted by Crippen LogP contribution is -2.25. The van der Waals surface area contributed by atoms with E-state index in [9.17, 15) is 4.79 Å². The molecule has 0 spiro atoms. The van der Waals surface area contributed by atoms with Gasteiger partial charge in [0.15, 0.2) is 0 Å². The third kappa shape index (κ3) is 3.98. The third-order valence-corrected chi connectivity index (χ3v) is 4.01. The number of carbonyl (C=O) groups is 1. The molecule has 0 fully saturated rings. The Kier molecular flexibility index (Phi) is 4.82. The maximum Gasteiger partial charge on any atom is 0.251 e. The first-order valence-electron chi connectivity index (χ1n) is 5.99. The summed E-state index contributed by atoms with van der Waals surface area (Å²) in [6.07, 6.45) is 0.803. The number of nitrogens with one attached hydrogen (secondary N) is 2. The molecule has 100 valence electrons. The van der Waals surface area contributed by atoms with Gasteiger partial charge >= 0.3 is 0 Å². The lowest BCUT2D eigenvalue weighted by atomic mass is 10.2. The molecule has 0 saturated heterocycles. The van der Waals surface area contributed by atoms with Crippen LogP contribution in [0.2, 0.25) is 4.34 Å². The highest BCUT2D eigenvalue weighted by atomic mass is 35.5. The van der Waals surface area contributed by atoms with Crippen LogP contribution in [-0.4, -0.2) is 19.5 Å². The fourth-order valence-corrected chi connectivity index (χ4v) is 2.76. The van der Waals surface area contributed by atoms with Gasteiger partial charge in [-0.2, -0.15) is 0 Å². The van der Waals surface area contributed by atoms with Gasteiger partial charge in [-0.1, -0.05) is 11.6 Å². The molecule has 1 aromatic carbocycles. The van der Waals surface area contributed by atoms with E-state index >= 15 is 0 Å². The molecule has 1 aromatic heterocycles. The van der Waals surface area contributed by atoms with Crippen LogP contribution >= 0.6 is 22.9 Å². The SMILES string of the molecule is CNc1ccc(C(=O)NCCc2ccc(Cl)s2)cc1. The zero-order valence-electron chi connectivity index (χ0n) is 10.6. The molecule has 3 nitrogen and oxygen atoms in total. The van der Waals surface area contributed by atoms with Gasteiger partial charge in [-0.3, -0.25) is 4.79 Å². The Morgan fingerprint density at radius 2 is 1.95 bits per heavy atom. The molecule has 5 heteroatoms. The summed E-state index contributed by atoms with van der Waals surface area (Å²) in [6, 6.07) is 11.2. The monoisotopic (exact) mass is 294 g/mol. The second kappa shape index (κ2) is 6.59. The molecule has 0 aliphatic heterocycles. The summed E-state index contributed by atoms with van der Waals surface area (Å²) in [7, 11) is 1.85. The molecule has 0 radical (unpaired) electrons. The van der Waals surface area contributed by atoms with Gasteiger partial charge < -0.3 is 10.6 Å². The largest absolute Gasteiger partial charge is 0.388 e. The number of benzene rings is 1. The summed E-state index contributed by atoms with van der Waals surface area (Å²) >= 11 is 7.40. The normalized spacial score (nSPS) is 10.2. The summed E-state index contributed by atoms with van der Waals surface area (Å²) in [4.78, 5) is 13.1. The lowest BCUT2D eigenvalue weighted by Gasteiger charge is -2.05. The molecule has 0 unspecified atom stereocenters. The Bertz CT molecular complexity index is 551. The Hall–Kier alpha value is -1.52. The van der Waals surface area contributed by atoms with Crippen molar-refractivity contribution in [2.75, 3.05) is 18.9 Å².